The number of rotatable bonds is 6. The molecule has 2 aromatic carbocycles. The first-order valence-electron chi connectivity index (χ1n) is 10.9. The van der Waals surface area contributed by atoms with E-state index in [1.54, 1.807) is 7.11 Å². The van der Waals surface area contributed by atoms with Gasteiger partial charge >= 0.3 is 0 Å². The van der Waals surface area contributed by atoms with Crippen molar-refractivity contribution in [1.29, 1.82) is 0 Å². The molecule has 3 heterocycles. The summed E-state index contributed by atoms with van der Waals surface area (Å²) in [4.78, 5) is 12.1. The van der Waals surface area contributed by atoms with Gasteiger partial charge in [-0.1, -0.05) is 18.2 Å². The second kappa shape index (κ2) is 8.84. The SMILES string of the molecule is COc1ccc(CNc2ncc(-c3ccc4n[nH]c(C)c4c3)nc2N2CCNCC2)cc1. The molecule has 0 aliphatic carbocycles. The van der Waals surface area contributed by atoms with Crippen LogP contribution in [0.25, 0.3) is 22.2 Å². The number of nitrogens with one attached hydrogen (secondary N) is 3. The molecular weight excluding hydrogens is 402 g/mol. The Bertz CT molecular complexity index is 1210. The molecule has 5 rings (SSSR count). The second-order valence-corrected chi connectivity index (χ2v) is 7.95. The van der Waals surface area contributed by atoms with Gasteiger partial charge in [0.15, 0.2) is 11.6 Å². The van der Waals surface area contributed by atoms with Crippen LogP contribution in [0.2, 0.25) is 0 Å². The van der Waals surface area contributed by atoms with Crippen molar-refractivity contribution >= 4 is 22.5 Å². The molecule has 2 aromatic heterocycles. The van der Waals surface area contributed by atoms with E-state index in [9.17, 15) is 0 Å². The molecule has 0 amide bonds. The Kier molecular flexibility index (Phi) is 5.60. The lowest BCUT2D eigenvalue weighted by molar-refractivity contribution is 0.414. The number of methoxy groups -OCH3 is 1. The Hall–Kier alpha value is -3.65. The van der Waals surface area contributed by atoms with Crippen molar-refractivity contribution in [3.8, 4) is 17.0 Å². The summed E-state index contributed by atoms with van der Waals surface area (Å²) in [6.07, 6.45) is 1.85. The quantitative estimate of drug-likeness (QED) is 0.433. The van der Waals surface area contributed by atoms with Crippen LogP contribution in [-0.2, 0) is 6.54 Å². The van der Waals surface area contributed by atoms with Crippen LogP contribution in [0, 0.1) is 6.92 Å². The predicted octanol–water partition coefficient (Wildman–Crippen LogP) is 3.36. The van der Waals surface area contributed by atoms with E-state index in [0.29, 0.717) is 6.54 Å². The Morgan fingerprint density at radius 3 is 2.69 bits per heavy atom. The average molecular weight is 430 g/mol. The average Bonchev–Trinajstić information content (AvgIpc) is 3.23. The van der Waals surface area contributed by atoms with Gasteiger partial charge < -0.3 is 20.3 Å². The summed E-state index contributed by atoms with van der Waals surface area (Å²) in [5.74, 6) is 2.54. The Labute approximate surface area is 187 Å². The molecule has 164 valence electrons. The van der Waals surface area contributed by atoms with Gasteiger partial charge in [-0.2, -0.15) is 5.10 Å². The molecule has 1 saturated heterocycles. The van der Waals surface area contributed by atoms with E-state index in [1.807, 2.05) is 31.3 Å². The Morgan fingerprint density at radius 2 is 1.91 bits per heavy atom. The van der Waals surface area contributed by atoms with Crippen molar-refractivity contribution in [3.63, 3.8) is 0 Å². The number of hydrogen-bond acceptors (Lipinski definition) is 7. The monoisotopic (exact) mass is 429 g/mol. The van der Waals surface area contributed by atoms with Crippen molar-refractivity contribution in [1.82, 2.24) is 25.5 Å². The molecule has 8 nitrogen and oxygen atoms in total. The Balaban J connectivity index is 1.46. The number of fused-ring (bicyclic) bond motifs is 1. The van der Waals surface area contributed by atoms with Gasteiger partial charge in [0.25, 0.3) is 0 Å². The highest BCUT2D eigenvalue weighted by atomic mass is 16.5. The topological polar surface area (TPSA) is 91.0 Å². The largest absolute Gasteiger partial charge is 0.497 e. The van der Waals surface area contributed by atoms with Gasteiger partial charge in [0, 0.05) is 49.4 Å². The molecule has 3 N–H and O–H groups in total. The minimum Gasteiger partial charge on any atom is -0.497 e. The molecule has 0 bridgehead atoms. The third-order valence-corrected chi connectivity index (χ3v) is 5.83. The van der Waals surface area contributed by atoms with Gasteiger partial charge in [-0.25, -0.2) is 9.97 Å². The summed E-state index contributed by atoms with van der Waals surface area (Å²) in [6, 6.07) is 14.3. The number of aryl methyl sites for hydroxylation is 1. The van der Waals surface area contributed by atoms with E-state index in [4.69, 9.17) is 14.7 Å². The zero-order valence-electron chi connectivity index (χ0n) is 18.4. The fourth-order valence-electron chi connectivity index (χ4n) is 3.97. The zero-order valence-corrected chi connectivity index (χ0v) is 18.4. The number of aromatic amines is 1. The number of nitrogens with zero attached hydrogens (tertiary/aromatic N) is 4. The van der Waals surface area contributed by atoms with Gasteiger partial charge in [-0.05, 0) is 36.8 Å². The number of anilines is 2. The lowest BCUT2D eigenvalue weighted by Crippen LogP contribution is -2.44. The first-order chi connectivity index (χ1) is 15.7. The molecule has 4 aromatic rings. The first kappa shape index (κ1) is 20.3. The van der Waals surface area contributed by atoms with E-state index in [0.717, 1.165) is 77.0 Å². The minimum atomic E-state index is 0.664. The Morgan fingerprint density at radius 1 is 1.09 bits per heavy atom. The van der Waals surface area contributed by atoms with Crippen LogP contribution in [-0.4, -0.2) is 53.5 Å². The van der Waals surface area contributed by atoms with E-state index in [1.165, 1.54) is 0 Å². The molecular formula is C24H27N7O. The van der Waals surface area contributed by atoms with Crippen molar-refractivity contribution in [3.05, 3.63) is 59.9 Å². The first-order valence-corrected chi connectivity index (χ1v) is 10.9. The highest BCUT2D eigenvalue weighted by Gasteiger charge is 2.18. The fraction of sp³-hybridized carbons (Fsp3) is 0.292. The predicted molar refractivity (Wildman–Crippen MR) is 127 cm³/mol. The molecule has 0 unspecified atom stereocenters. The molecule has 1 aliphatic rings. The third-order valence-electron chi connectivity index (χ3n) is 5.83. The van der Waals surface area contributed by atoms with Crippen LogP contribution in [0.5, 0.6) is 5.75 Å². The summed E-state index contributed by atoms with van der Waals surface area (Å²) in [7, 11) is 1.68. The van der Waals surface area contributed by atoms with E-state index in [2.05, 4.69) is 50.0 Å². The minimum absolute atomic E-state index is 0.664. The zero-order chi connectivity index (χ0) is 21.9. The molecule has 8 heteroatoms. The van der Waals surface area contributed by atoms with E-state index < -0.39 is 0 Å². The summed E-state index contributed by atoms with van der Waals surface area (Å²) in [6.45, 7) is 6.36. The smallest absolute Gasteiger partial charge is 0.172 e. The normalized spacial score (nSPS) is 14.0. The van der Waals surface area contributed by atoms with Crippen LogP contribution in [0.4, 0.5) is 11.6 Å². The van der Waals surface area contributed by atoms with Gasteiger partial charge in [0.2, 0.25) is 0 Å². The molecule has 0 spiro atoms. The van der Waals surface area contributed by atoms with Crippen molar-refractivity contribution in [2.45, 2.75) is 13.5 Å². The van der Waals surface area contributed by atoms with Crippen LogP contribution in [0.15, 0.2) is 48.7 Å². The molecule has 1 aliphatic heterocycles. The number of ether oxygens (including phenoxy) is 1. The number of benzene rings is 2. The van der Waals surface area contributed by atoms with Crippen LogP contribution >= 0.6 is 0 Å². The van der Waals surface area contributed by atoms with Gasteiger partial charge in [-0.15, -0.1) is 0 Å². The van der Waals surface area contributed by atoms with Gasteiger partial charge in [0.05, 0.1) is 24.5 Å². The molecule has 0 saturated carbocycles. The summed E-state index contributed by atoms with van der Waals surface area (Å²) in [5.41, 5.74) is 5.06. The summed E-state index contributed by atoms with van der Waals surface area (Å²) in [5, 5.41) is 15.4. The molecule has 32 heavy (non-hydrogen) atoms. The standard InChI is InChI=1S/C24H27N7O/c1-16-20-13-18(5-8-21(20)30-29-16)22-15-27-23(24(28-22)31-11-9-25-10-12-31)26-14-17-3-6-19(32-2)7-4-17/h3-8,13,15,25H,9-12,14H2,1-2H3,(H,26,27)(H,29,30). The van der Waals surface area contributed by atoms with Crippen LogP contribution in [0.1, 0.15) is 11.3 Å². The maximum atomic E-state index is 5.25. The number of hydrogen-bond donors (Lipinski definition) is 3. The second-order valence-electron chi connectivity index (χ2n) is 7.95. The lowest BCUT2D eigenvalue weighted by Gasteiger charge is -2.30. The highest BCUT2D eigenvalue weighted by molar-refractivity contribution is 5.86. The number of aromatic nitrogens is 4. The van der Waals surface area contributed by atoms with E-state index >= 15 is 0 Å². The van der Waals surface area contributed by atoms with Crippen molar-refractivity contribution < 1.29 is 4.74 Å². The van der Waals surface area contributed by atoms with Crippen LogP contribution in [0.3, 0.4) is 0 Å². The fourth-order valence-corrected chi connectivity index (χ4v) is 3.97. The van der Waals surface area contributed by atoms with Crippen molar-refractivity contribution in [2.24, 2.45) is 0 Å². The number of H-pyrrole nitrogens is 1. The molecule has 1 fully saturated rings. The summed E-state index contributed by atoms with van der Waals surface area (Å²) < 4.78 is 5.25. The van der Waals surface area contributed by atoms with Crippen molar-refractivity contribution in [2.75, 3.05) is 43.5 Å². The summed E-state index contributed by atoms with van der Waals surface area (Å²) >= 11 is 0. The maximum absolute atomic E-state index is 5.25. The van der Waals surface area contributed by atoms with Gasteiger partial charge in [0.1, 0.15) is 5.75 Å². The van der Waals surface area contributed by atoms with E-state index in [-0.39, 0.29) is 0 Å². The van der Waals surface area contributed by atoms with Crippen LogP contribution < -0.4 is 20.3 Å². The highest BCUT2D eigenvalue weighted by Crippen LogP contribution is 2.29. The lowest BCUT2D eigenvalue weighted by atomic mass is 10.1. The molecule has 0 atom stereocenters. The maximum Gasteiger partial charge on any atom is 0.172 e. The third kappa shape index (κ3) is 4.09. The number of piperazine rings is 1. The molecule has 0 radical (unpaired) electrons. The van der Waals surface area contributed by atoms with Gasteiger partial charge in [-0.3, -0.25) is 5.10 Å².